The van der Waals surface area contributed by atoms with Crippen LogP contribution in [0.25, 0.3) is 11.3 Å². The molecular formula is C17H19FN2O2S. The molecule has 122 valence electrons. The largest absolute Gasteiger partial charge is 0.431 e. The van der Waals surface area contributed by atoms with Crippen LogP contribution in [-0.4, -0.2) is 34.6 Å². The van der Waals surface area contributed by atoms with Crippen LogP contribution in [0.15, 0.2) is 40.1 Å². The topological polar surface area (TPSA) is 46.3 Å². The minimum Gasteiger partial charge on any atom is -0.431 e. The van der Waals surface area contributed by atoms with Gasteiger partial charge in [0.25, 0.3) is 5.22 Å². The Morgan fingerprint density at radius 2 is 2.22 bits per heavy atom. The Kier molecular flexibility index (Phi) is 5.00. The smallest absolute Gasteiger partial charge is 0.256 e. The van der Waals surface area contributed by atoms with Crippen molar-refractivity contribution in [2.24, 2.45) is 5.92 Å². The minimum atomic E-state index is -0.288. The number of hydrogen-bond acceptors (Lipinski definition) is 4. The van der Waals surface area contributed by atoms with E-state index in [2.05, 4.69) is 11.9 Å². The Bertz CT molecular complexity index is 671. The van der Waals surface area contributed by atoms with Gasteiger partial charge >= 0.3 is 0 Å². The molecule has 1 aliphatic rings. The van der Waals surface area contributed by atoms with E-state index in [4.69, 9.17) is 4.42 Å². The molecule has 0 aliphatic carbocycles. The van der Waals surface area contributed by atoms with E-state index in [0.717, 1.165) is 25.1 Å². The zero-order valence-corrected chi connectivity index (χ0v) is 13.8. The molecule has 1 fully saturated rings. The lowest BCUT2D eigenvalue weighted by Crippen LogP contribution is -2.40. The van der Waals surface area contributed by atoms with Gasteiger partial charge in [-0.25, -0.2) is 9.37 Å². The zero-order valence-electron chi connectivity index (χ0n) is 13.0. The van der Waals surface area contributed by atoms with Crippen molar-refractivity contribution in [3.63, 3.8) is 0 Å². The Hall–Kier alpha value is -1.82. The average molecular weight is 334 g/mol. The van der Waals surface area contributed by atoms with Crippen LogP contribution in [-0.2, 0) is 4.79 Å². The fourth-order valence-corrected chi connectivity index (χ4v) is 3.41. The van der Waals surface area contributed by atoms with Crippen LogP contribution < -0.4 is 0 Å². The number of oxazole rings is 1. The molecule has 1 aliphatic heterocycles. The summed E-state index contributed by atoms with van der Waals surface area (Å²) in [5, 5.41) is 0.461. The number of thioether (sulfide) groups is 1. The molecule has 2 heterocycles. The number of benzene rings is 1. The lowest BCUT2D eigenvalue weighted by atomic mass is 10.0. The highest BCUT2D eigenvalue weighted by molar-refractivity contribution is 7.99. The zero-order chi connectivity index (χ0) is 16.2. The van der Waals surface area contributed by atoms with Crippen molar-refractivity contribution in [3.05, 3.63) is 36.3 Å². The summed E-state index contributed by atoms with van der Waals surface area (Å²) in [6, 6.07) is 6.05. The van der Waals surface area contributed by atoms with Gasteiger partial charge in [0.1, 0.15) is 5.82 Å². The molecule has 0 saturated carbocycles. The predicted octanol–water partition coefficient (Wildman–Crippen LogP) is 3.83. The van der Waals surface area contributed by atoms with E-state index in [1.54, 1.807) is 18.3 Å². The Morgan fingerprint density at radius 3 is 2.96 bits per heavy atom. The first-order chi connectivity index (χ1) is 11.1. The van der Waals surface area contributed by atoms with Gasteiger partial charge < -0.3 is 9.32 Å². The second-order valence-electron chi connectivity index (χ2n) is 5.87. The molecule has 0 bridgehead atoms. The van der Waals surface area contributed by atoms with Crippen molar-refractivity contribution in [2.45, 2.75) is 25.0 Å². The Morgan fingerprint density at radius 1 is 1.43 bits per heavy atom. The van der Waals surface area contributed by atoms with Gasteiger partial charge in [-0.2, -0.15) is 0 Å². The van der Waals surface area contributed by atoms with Crippen molar-refractivity contribution in [1.29, 1.82) is 0 Å². The molecule has 3 rings (SSSR count). The van der Waals surface area contributed by atoms with Gasteiger partial charge in [-0.15, -0.1) is 0 Å². The maximum atomic E-state index is 12.9. The molecule has 1 atom stereocenters. The van der Waals surface area contributed by atoms with E-state index in [9.17, 15) is 9.18 Å². The van der Waals surface area contributed by atoms with Gasteiger partial charge in [-0.05, 0) is 43.0 Å². The number of carbonyl (C=O) groups excluding carboxylic acids is 1. The molecule has 1 saturated heterocycles. The molecule has 0 spiro atoms. The standard InChI is InChI=1S/C17H19FN2O2S/c1-12-3-2-8-20(10-12)16(21)11-23-17-19-9-15(22-17)13-4-6-14(18)7-5-13/h4-7,9,12H,2-3,8,10-11H2,1H3. The SMILES string of the molecule is CC1CCCN(C(=O)CSc2ncc(-c3ccc(F)cc3)o2)C1. The molecule has 1 amide bonds. The molecular weight excluding hydrogens is 315 g/mol. The summed E-state index contributed by atoms with van der Waals surface area (Å²) in [6.45, 7) is 3.86. The quantitative estimate of drug-likeness (QED) is 0.797. The highest BCUT2D eigenvalue weighted by Crippen LogP contribution is 2.26. The molecule has 0 radical (unpaired) electrons. The fourth-order valence-electron chi connectivity index (χ4n) is 2.70. The first-order valence-corrected chi connectivity index (χ1v) is 8.73. The van der Waals surface area contributed by atoms with E-state index < -0.39 is 0 Å². The number of amides is 1. The highest BCUT2D eigenvalue weighted by Gasteiger charge is 2.21. The summed E-state index contributed by atoms with van der Waals surface area (Å²) in [4.78, 5) is 18.3. The van der Waals surface area contributed by atoms with Gasteiger partial charge in [0.15, 0.2) is 5.76 Å². The van der Waals surface area contributed by atoms with Crippen LogP contribution in [0, 0.1) is 11.7 Å². The van der Waals surface area contributed by atoms with Crippen LogP contribution in [0.4, 0.5) is 4.39 Å². The van der Waals surface area contributed by atoms with Gasteiger partial charge in [0.2, 0.25) is 5.91 Å². The number of rotatable bonds is 4. The molecule has 1 aromatic heterocycles. The molecule has 4 nitrogen and oxygen atoms in total. The van der Waals surface area contributed by atoms with Crippen LogP contribution in [0.1, 0.15) is 19.8 Å². The van der Waals surface area contributed by atoms with E-state index in [1.165, 1.54) is 30.3 Å². The summed E-state index contributed by atoms with van der Waals surface area (Å²) >= 11 is 1.30. The Labute approximate surface area is 139 Å². The van der Waals surface area contributed by atoms with Crippen LogP contribution >= 0.6 is 11.8 Å². The third kappa shape index (κ3) is 4.13. The molecule has 0 N–H and O–H groups in total. The molecule has 2 aromatic rings. The summed E-state index contributed by atoms with van der Waals surface area (Å²) in [5.41, 5.74) is 0.766. The third-order valence-electron chi connectivity index (χ3n) is 3.94. The number of carbonyl (C=O) groups is 1. The van der Waals surface area contributed by atoms with Crippen molar-refractivity contribution >= 4 is 17.7 Å². The number of hydrogen-bond donors (Lipinski definition) is 0. The van der Waals surface area contributed by atoms with Crippen molar-refractivity contribution < 1.29 is 13.6 Å². The van der Waals surface area contributed by atoms with Crippen molar-refractivity contribution in [3.8, 4) is 11.3 Å². The summed E-state index contributed by atoms with van der Waals surface area (Å²) < 4.78 is 18.6. The molecule has 23 heavy (non-hydrogen) atoms. The summed E-state index contributed by atoms with van der Waals surface area (Å²) in [7, 11) is 0. The number of aromatic nitrogens is 1. The molecule has 1 aromatic carbocycles. The van der Waals surface area contributed by atoms with E-state index >= 15 is 0 Å². The van der Waals surface area contributed by atoms with Crippen LogP contribution in [0.3, 0.4) is 0 Å². The summed E-state index contributed by atoms with van der Waals surface area (Å²) in [6.07, 6.45) is 3.87. The molecule has 1 unspecified atom stereocenters. The second kappa shape index (κ2) is 7.17. The van der Waals surface area contributed by atoms with Crippen LogP contribution in [0.2, 0.25) is 0 Å². The van der Waals surface area contributed by atoms with E-state index in [-0.39, 0.29) is 11.7 Å². The monoisotopic (exact) mass is 334 g/mol. The summed E-state index contributed by atoms with van der Waals surface area (Å²) in [5.74, 6) is 1.32. The maximum Gasteiger partial charge on any atom is 0.256 e. The van der Waals surface area contributed by atoms with E-state index in [1.807, 2.05) is 4.90 Å². The van der Waals surface area contributed by atoms with Gasteiger partial charge in [-0.3, -0.25) is 4.79 Å². The van der Waals surface area contributed by atoms with Gasteiger partial charge in [-0.1, -0.05) is 18.7 Å². The lowest BCUT2D eigenvalue weighted by Gasteiger charge is -2.30. The van der Waals surface area contributed by atoms with Gasteiger partial charge in [0, 0.05) is 18.7 Å². The number of likely N-dealkylation sites (tertiary alicyclic amines) is 1. The number of halogens is 1. The number of piperidine rings is 1. The second-order valence-corrected chi connectivity index (χ2v) is 6.80. The average Bonchev–Trinajstić information content (AvgIpc) is 3.02. The third-order valence-corrected chi connectivity index (χ3v) is 4.77. The highest BCUT2D eigenvalue weighted by atomic mass is 32.2. The predicted molar refractivity (Wildman–Crippen MR) is 87.6 cm³/mol. The number of nitrogens with zero attached hydrogens (tertiary/aromatic N) is 2. The van der Waals surface area contributed by atoms with Crippen molar-refractivity contribution in [1.82, 2.24) is 9.88 Å². The first kappa shape index (κ1) is 16.1. The van der Waals surface area contributed by atoms with Crippen LogP contribution in [0.5, 0.6) is 0 Å². The Balaban J connectivity index is 1.56. The van der Waals surface area contributed by atoms with Gasteiger partial charge in [0.05, 0.1) is 11.9 Å². The lowest BCUT2D eigenvalue weighted by molar-refractivity contribution is -0.130. The minimum absolute atomic E-state index is 0.128. The fraction of sp³-hybridized carbons (Fsp3) is 0.412. The maximum absolute atomic E-state index is 12.9. The molecule has 6 heteroatoms. The normalized spacial score (nSPS) is 18.2. The van der Waals surface area contributed by atoms with E-state index in [0.29, 0.717) is 22.7 Å². The van der Waals surface area contributed by atoms with Crippen molar-refractivity contribution in [2.75, 3.05) is 18.8 Å². The first-order valence-electron chi connectivity index (χ1n) is 7.74.